The Bertz CT molecular complexity index is 199. The Morgan fingerprint density at radius 3 is 2.29 bits per heavy atom. The van der Waals surface area contributed by atoms with E-state index in [0.29, 0.717) is 6.04 Å². The standard InChI is InChI=1S/C15H32N2/c1-6-14(7-2)17(10-12(3)4)11-15-13(5)8-9-16-15/h12-16H,6-11H2,1-5H3. The molecule has 0 amide bonds. The first-order chi connectivity index (χ1) is 8.08. The first kappa shape index (κ1) is 15.0. The molecule has 0 aromatic rings. The normalized spacial score (nSPS) is 25.4. The molecule has 17 heavy (non-hydrogen) atoms. The first-order valence-corrected chi connectivity index (χ1v) is 7.55. The highest BCUT2D eigenvalue weighted by atomic mass is 15.2. The largest absolute Gasteiger partial charge is 0.312 e. The van der Waals surface area contributed by atoms with E-state index in [-0.39, 0.29) is 0 Å². The van der Waals surface area contributed by atoms with Crippen molar-refractivity contribution in [3.8, 4) is 0 Å². The smallest absolute Gasteiger partial charge is 0.0221 e. The van der Waals surface area contributed by atoms with Gasteiger partial charge in [0.2, 0.25) is 0 Å². The van der Waals surface area contributed by atoms with Crippen molar-refractivity contribution in [1.29, 1.82) is 0 Å². The number of nitrogens with zero attached hydrogens (tertiary/aromatic N) is 1. The lowest BCUT2D eigenvalue weighted by Crippen LogP contribution is -2.46. The van der Waals surface area contributed by atoms with E-state index in [4.69, 9.17) is 0 Å². The molecule has 0 saturated carbocycles. The highest BCUT2D eigenvalue weighted by Crippen LogP contribution is 2.19. The minimum Gasteiger partial charge on any atom is -0.312 e. The van der Waals surface area contributed by atoms with Crippen LogP contribution in [0.3, 0.4) is 0 Å². The molecule has 1 N–H and O–H groups in total. The fourth-order valence-electron chi connectivity index (χ4n) is 3.04. The molecule has 1 aliphatic rings. The van der Waals surface area contributed by atoms with Gasteiger partial charge in [-0.25, -0.2) is 0 Å². The molecule has 0 aromatic heterocycles. The van der Waals surface area contributed by atoms with E-state index in [1.54, 1.807) is 0 Å². The van der Waals surface area contributed by atoms with Crippen LogP contribution in [0.1, 0.15) is 53.9 Å². The summed E-state index contributed by atoms with van der Waals surface area (Å²) in [5.74, 6) is 1.62. The minimum atomic E-state index is 0.717. The van der Waals surface area contributed by atoms with Crippen LogP contribution in [0, 0.1) is 11.8 Å². The van der Waals surface area contributed by atoms with Crippen molar-refractivity contribution in [2.45, 2.75) is 66.0 Å². The quantitative estimate of drug-likeness (QED) is 0.735. The summed E-state index contributed by atoms with van der Waals surface area (Å²) < 4.78 is 0. The summed E-state index contributed by atoms with van der Waals surface area (Å²) in [5.41, 5.74) is 0. The highest BCUT2D eigenvalue weighted by Gasteiger charge is 2.27. The van der Waals surface area contributed by atoms with Gasteiger partial charge in [0.15, 0.2) is 0 Å². The van der Waals surface area contributed by atoms with Crippen molar-refractivity contribution in [3.05, 3.63) is 0 Å². The van der Waals surface area contributed by atoms with Gasteiger partial charge in [0.25, 0.3) is 0 Å². The van der Waals surface area contributed by atoms with Gasteiger partial charge < -0.3 is 5.32 Å². The maximum atomic E-state index is 3.67. The van der Waals surface area contributed by atoms with Gasteiger partial charge in [0.1, 0.15) is 0 Å². The van der Waals surface area contributed by atoms with E-state index in [1.165, 1.54) is 38.9 Å². The number of rotatable bonds is 7. The molecule has 1 rings (SSSR count). The summed E-state index contributed by atoms with van der Waals surface area (Å²) in [7, 11) is 0. The Kier molecular flexibility index (Phi) is 6.50. The number of nitrogens with one attached hydrogen (secondary N) is 1. The van der Waals surface area contributed by atoms with E-state index in [0.717, 1.165) is 17.9 Å². The fraction of sp³-hybridized carbons (Fsp3) is 1.00. The molecule has 102 valence electrons. The van der Waals surface area contributed by atoms with Gasteiger partial charge in [-0.3, -0.25) is 4.90 Å². The SMILES string of the molecule is CCC(CC)N(CC(C)C)CC1NCCC1C. The molecule has 0 aliphatic carbocycles. The van der Waals surface area contributed by atoms with Crippen LogP contribution in [0.15, 0.2) is 0 Å². The van der Waals surface area contributed by atoms with Gasteiger partial charge in [-0.15, -0.1) is 0 Å². The van der Waals surface area contributed by atoms with Crippen LogP contribution < -0.4 is 5.32 Å². The Morgan fingerprint density at radius 2 is 1.88 bits per heavy atom. The second-order valence-electron chi connectivity index (χ2n) is 6.14. The molecule has 2 nitrogen and oxygen atoms in total. The van der Waals surface area contributed by atoms with Gasteiger partial charge >= 0.3 is 0 Å². The van der Waals surface area contributed by atoms with Crippen LogP contribution in [-0.2, 0) is 0 Å². The molecular weight excluding hydrogens is 208 g/mol. The Morgan fingerprint density at radius 1 is 1.24 bits per heavy atom. The predicted octanol–water partition coefficient (Wildman–Crippen LogP) is 3.13. The van der Waals surface area contributed by atoms with Crippen molar-refractivity contribution in [3.63, 3.8) is 0 Å². The van der Waals surface area contributed by atoms with E-state index < -0.39 is 0 Å². The molecule has 2 atom stereocenters. The molecule has 0 bridgehead atoms. The van der Waals surface area contributed by atoms with E-state index in [1.807, 2.05) is 0 Å². The molecule has 1 fully saturated rings. The third-order valence-corrected chi connectivity index (χ3v) is 4.18. The minimum absolute atomic E-state index is 0.717. The molecule has 1 saturated heterocycles. The van der Waals surface area contributed by atoms with Crippen molar-refractivity contribution >= 4 is 0 Å². The molecule has 0 radical (unpaired) electrons. The zero-order valence-electron chi connectivity index (χ0n) is 12.5. The Labute approximate surface area is 108 Å². The highest BCUT2D eigenvalue weighted by molar-refractivity contribution is 4.85. The summed E-state index contributed by atoms with van der Waals surface area (Å²) in [4.78, 5) is 2.73. The lowest BCUT2D eigenvalue weighted by Gasteiger charge is -2.35. The third-order valence-electron chi connectivity index (χ3n) is 4.18. The molecule has 1 heterocycles. The monoisotopic (exact) mass is 240 g/mol. The van der Waals surface area contributed by atoms with Crippen molar-refractivity contribution < 1.29 is 0 Å². The molecule has 2 heteroatoms. The van der Waals surface area contributed by atoms with Crippen LogP contribution in [0.5, 0.6) is 0 Å². The Balaban J connectivity index is 2.55. The topological polar surface area (TPSA) is 15.3 Å². The van der Waals surface area contributed by atoms with Crippen LogP contribution in [0.2, 0.25) is 0 Å². The molecular formula is C15H32N2. The number of hydrogen-bond acceptors (Lipinski definition) is 2. The van der Waals surface area contributed by atoms with Crippen LogP contribution in [-0.4, -0.2) is 36.6 Å². The van der Waals surface area contributed by atoms with Crippen molar-refractivity contribution in [1.82, 2.24) is 10.2 Å². The van der Waals surface area contributed by atoms with Crippen LogP contribution in [0.25, 0.3) is 0 Å². The maximum Gasteiger partial charge on any atom is 0.0221 e. The third kappa shape index (κ3) is 4.59. The van der Waals surface area contributed by atoms with E-state index in [2.05, 4.69) is 44.8 Å². The zero-order valence-corrected chi connectivity index (χ0v) is 12.5. The summed E-state index contributed by atoms with van der Waals surface area (Å²) in [6, 6.07) is 1.49. The van der Waals surface area contributed by atoms with Gasteiger partial charge in [0.05, 0.1) is 0 Å². The van der Waals surface area contributed by atoms with Crippen LogP contribution >= 0.6 is 0 Å². The summed E-state index contributed by atoms with van der Waals surface area (Å²) >= 11 is 0. The van der Waals surface area contributed by atoms with Gasteiger partial charge in [-0.2, -0.15) is 0 Å². The van der Waals surface area contributed by atoms with Gasteiger partial charge in [-0.05, 0) is 37.6 Å². The van der Waals surface area contributed by atoms with E-state index in [9.17, 15) is 0 Å². The maximum absolute atomic E-state index is 3.67. The number of hydrogen-bond donors (Lipinski definition) is 1. The second kappa shape index (κ2) is 7.38. The van der Waals surface area contributed by atoms with Crippen LogP contribution in [0.4, 0.5) is 0 Å². The molecule has 1 aliphatic heterocycles. The summed E-state index contributed by atoms with van der Waals surface area (Å²) in [6.45, 7) is 15.4. The molecule has 0 spiro atoms. The van der Waals surface area contributed by atoms with Crippen molar-refractivity contribution in [2.24, 2.45) is 11.8 Å². The Hall–Kier alpha value is -0.0800. The second-order valence-corrected chi connectivity index (χ2v) is 6.14. The lowest BCUT2D eigenvalue weighted by atomic mass is 10.0. The molecule has 0 aromatic carbocycles. The van der Waals surface area contributed by atoms with Crippen molar-refractivity contribution in [2.75, 3.05) is 19.6 Å². The van der Waals surface area contributed by atoms with Gasteiger partial charge in [0, 0.05) is 25.2 Å². The average molecular weight is 240 g/mol. The summed E-state index contributed by atoms with van der Waals surface area (Å²) in [6.07, 6.45) is 3.91. The van der Waals surface area contributed by atoms with Gasteiger partial charge in [-0.1, -0.05) is 34.6 Å². The predicted molar refractivity (Wildman–Crippen MR) is 76.4 cm³/mol. The lowest BCUT2D eigenvalue weighted by molar-refractivity contribution is 0.144. The fourth-order valence-corrected chi connectivity index (χ4v) is 3.04. The zero-order chi connectivity index (χ0) is 12.8. The molecule has 2 unspecified atom stereocenters. The average Bonchev–Trinajstić information content (AvgIpc) is 2.65. The first-order valence-electron chi connectivity index (χ1n) is 7.55. The van der Waals surface area contributed by atoms with E-state index >= 15 is 0 Å². The summed E-state index contributed by atoms with van der Waals surface area (Å²) in [5, 5.41) is 3.67.